The number of ether oxygens (including phenoxy) is 1. The Morgan fingerprint density at radius 2 is 1.55 bits per heavy atom. The second-order valence-corrected chi connectivity index (χ2v) is 8.02. The first-order valence-corrected chi connectivity index (χ1v) is 10.9. The Morgan fingerprint density at radius 3 is 1.93 bits per heavy atom. The average Bonchev–Trinajstić information content (AvgIpc) is 2.62. The summed E-state index contributed by atoms with van der Waals surface area (Å²) in [5, 5.41) is 3.02. The molecule has 1 amide bonds. The molecule has 0 aliphatic rings. The molecule has 1 unspecified atom stereocenters. The number of carbonyl (C=O) groups is 2. The molecule has 5 heteroatoms. The Labute approximate surface area is 181 Å². The van der Waals surface area contributed by atoms with E-state index in [1.165, 1.54) is 6.42 Å². The fraction of sp³-hybridized carbons (Fsp3) is 0.750. The predicted molar refractivity (Wildman–Crippen MR) is 126 cm³/mol. The van der Waals surface area contributed by atoms with Gasteiger partial charge in [0.2, 0.25) is 5.91 Å². The third-order valence-electron chi connectivity index (χ3n) is 3.31. The monoisotopic (exact) mass is 412 g/mol. The summed E-state index contributed by atoms with van der Waals surface area (Å²) < 4.78 is 4.92. The summed E-state index contributed by atoms with van der Waals surface area (Å²) in [5.74, 6) is 0.612. The molecule has 0 aromatic carbocycles. The maximum atomic E-state index is 12.5. The maximum Gasteiger partial charge on any atom is 0.333 e. The number of hydrogen-bond donors (Lipinski definition) is 1. The molecular weight excluding hydrogens is 364 g/mol. The second kappa shape index (κ2) is 21.1. The van der Waals surface area contributed by atoms with Gasteiger partial charge in [-0.15, -0.1) is 0 Å². The van der Waals surface area contributed by atoms with Crippen LogP contribution in [-0.4, -0.2) is 50.6 Å². The summed E-state index contributed by atoms with van der Waals surface area (Å²) in [6.07, 6.45) is 6.89. The highest BCUT2D eigenvalue weighted by Gasteiger charge is 2.22. The Hall–Kier alpha value is -1.62. The topological polar surface area (TPSA) is 58.6 Å². The largest absolute Gasteiger partial charge is 0.463 e. The molecule has 5 nitrogen and oxygen atoms in total. The van der Waals surface area contributed by atoms with Crippen molar-refractivity contribution in [2.45, 2.75) is 68.7 Å². The van der Waals surface area contributed by atoms with E-state index in [2.05, 4.69) is 39.9 Å². The van der Waals surface area contributed by atoms with E-state index in [1.54, 1.807) is 31.9 Å². The molecule has 1 atom stereocenters. The summed E-state index contributed by atoms with van der Waals surface area (Å²) in [6.45, 7) is 19.8. The number of likely N-dealkylation sites (N-methyl/N-ethyl adjacent to an activating group) is 2. The van der Waals surface area contributed by atoms with Gasteiger partial charge in [0.05, 0.1) is 12.5 Å². The summed E-state index contributed by atoms with van der Waals surface area (Å²) in [4.78, 5) is 25.7. The lowest BCUT2D eigenvalue weighted by molar-refractivity contribution is -0.138. The van der Waals surface area contributed by atoms with E-state index in [4.69, 9.17) is 4.74 Å². The van der Waals surface area contributed by atoms with Crippen LogP contribution in [-0.2, 0) is 14.3 Å². The molecule has 0 aromatic heterocycles. The van der Waals surface area contributed by atoms with Crippen molar-refractivity contribution in [3.8, 4) is 0 Å². The lowest BCUT2D eigenvalue weighted by atomic mass is 9.94. The van der Waals surface area contributed by atoms with Crippen molar-refractivity contribution in [3.63, 3.8) is 0 Å². The van der Waals surface area contributed by atoms with Crippen LogP contribution in [0.25, 0.3) is 0 Å². The minimum absolute atomic E-state index is 0.0512. The quantitative estimate of drug-likeness (QED) is 0.326. The van der Waals surface area contributed by atoms with Gasteiger partial charge in [0.15, 0.2) is 0 Å². The summed E-state index contributed by atoms with van der Waals surface area (Å²) >= 11 is 0. The lowest BCUT2D eigenvalue weighted by Gasteiger charge is -2.23. The van der Waals surface area contributed by atoms with Gasteiger partial charge in [0, 0.05) is 25.7 Å². The van der Waals surface area contributed by atoms with E-state index in [9.17, 15) is 9.59 Å². The van der Waals surface area contributed by atoms with Crippen LogP contribution in [0.2, 0.25) is 0 Å². The Balaban J connectivity index is -0.000000831. The van der Waals surface area contributed by atoms with Gasteiger partial charge in [0.1, 0.15) is 0 Å². The molecule has 1 N–H and O–H groups in total. The molecule has 0 rings (SSSR count). The van der Waals surface area contributed by atoms with Gasteiger partial charge in [-0.2, -0.15) is 0 Å². The van der Waals surface area contributed by atoms with E-state index in [0.29, 0.717) is 18.7 Å². The average molecular weight is 413 g/mol. The highest BCUT2D eigenvalue weighted by Crippen LogP contribution is 2.15. The van der Waals surface area contributed by atoms with Gasteiger partial charge in [-0.25, -0.2) is 4.79 Å². The number of nitrogens with one attached hydrogen (secondary N) is 1. The van der Waals surface area contributed by atoms with Crippen LogP contribution in [0.15, 0.2) is 23.8 Å². The summed E-state index contributed by atoms with van der Waals surface area (Å²) in [7, 11) is 3.62. The Bertz CT molecular complexity index is 466. The summed E-state index contributed by atoms with van der Waals surface area (Å²) in [6, 6.07) is 0. The van der Waals surface area contributed by atoms with Crippen molar-refractivity contribution in [1.29, 1.82) is 0 Å². The van der Waals surface area contributed by atoms with Gasteiger partial charge in [-0.3, -0.25) is 4.79 Å². The highest BCUT2D eigenvalue weighted by atomic mass is 16.5. The van der Waals surface area contributed by atoms with Gasteiger partial charge in [-0.1, -0.05) is 73.1 Å². The first kappa shape index (κ1) is 32.1. The standard InChI is InChI=1S/C17H30N2O3.C4H10.C3H8/c1-7-22-17(21)14(4)10-12-19(6)16(20)15(13(2)3)9-8-11-18-5;1-4(2)3;1-3-2/h8-10,13,15,18H,7,11-12H2,1-6H3;4H,1-3H3;3H2,1-2H3/b9-8+,14-10+;;. The first-order chi connectivity index (χ1) is 13.5. The van der Waals surface area contributed by atoms with Gasteiger partial charge in [-0.05, 0) is 32.7 Å². The van der Waals surface area contributed by atoms with Gasteiger partial charge in [0.25, 0.3) is 0 Å². The van der Waals surface area contributed by atoms with Gasteiger partial charge < -0.3 is 15.0 Å². The molecule has 172 valence electrons. The SMILES string of the molecule is CC(C)C.CCC.CCOC(=O)/C(C)=C/CN(C)C(=O)C(/C=C/CNC)C(C)C. The molecule has 0 saturated heterocycles. The van der Waals surface area contributed by atoms with Crippen molar-refractivity contribution in [2.75, 3.05) is 33.8 Å². The van der Waals surface area contributed by atoms with Crippen LogP contribution in [0.1, 0.15) is 68.7 Å². The minimum atomic E-state index is -0.335. The zero-order chi connectivity index (χ0) is 23.4. The first-order valence-electron chi connectivity index (χ1n) is 10.9. The van der Waals surface area contributed by atoms with Gasteiger partial charge >= 0.3 is 5.97 Å². The summed E-state index contributed by atoms with van der Waals surface area (Å²) in [5.41, 5.74) is 0.522. The van der Waals surface area contributed by atoms with Crippen molar-refractivity contribution >= 4 is 11.9 Å². The smallest absolute Gasteiger partial charge is 0.333 e. The van der Waals surface area contributed by atoms with Crippen LogP contribution < -0.4 is 5.32 Å². The predicted octanol–water partition coefficient (Wildman–Crippen LogP) is 5.08. The number of amides is 1. The second-order valence-electron chi connectivity index (χ2n) is 8.02. The van der Waals surface area contributed by atoms with Crippen LogP contribution in [0.3, 0.4) is 0 Å². The number of rotatable bonds is 9. The molecule has 0 aliphatic carbocycles. The maximum absolute atomic E-state index is 12.5. The Kier molecular flexibility index (Phi) is 23.3. The fourth-order valence-corrected chi connectivity index (χ4v) is 1.87. The number of nitrogens with zero attached hydrogens (tertiary/aromatic N) is 1. The highest BCUT2D eigenvalue weighted by molar-refractivity contribution is 5.88. The molecule has 0 aliphatic heterocycles. The molecule has 0 aromatic rings. The van der Waals surface area contributed by atoms with E-state index in [0.717, 1.165) is 12.5 Å². The number of esters is 1. The van der Waals surface area contributed by atoms with E-state index in [-0.39, 0.29) is 23.7 Å². The van der Waals surface area contributed by atoms with Crippen molar-refractivity contribution in [1.82, 2.24) is 10.2 Å². The normalized spacial score (nSPS) is 12.1. The van der Waals surface area contributed by atoms with E-state index >= 15 is 0 Å². The third-order valence-corrected chi connectivity index (χ3v) is 3.31. The molecule has 29 heavy (non-hydrogen) atoms. The van der Waals surface area contributed by atoms with Crippen LogP contribution >= 0.6 is 0 Å². The molecule has 0 fully saturated rings. The van der Waals surface area contributed by atoms with Crippen molar-refractivity contribution in [3.05, 3.63) is 23.8 Å². The minimum Gasteiger partial charge on any atom is -0.463 e. The molecule has 0 saturated carbocycles. The van der Waals surface area contributed by atoms with Crippen LogP contribution in [0, 0.1) is 17.8 Å². The fourth-order valence-electron chi connectivity index (χ4n) is 1.87. The van der Waals surface area contributed by atoms with E-state index in [1.807, 2.05) is 33.0 Å². The molecular formula is C24H48N2O3. The van der Waals surface area contributed by atoms with Crippen molar-refractivity contribution < 1.29 is 14.3 Å². The van der Waals surface area contributed by atoms with Crippen LogP contribution in [0.4, 0.5) is 0 Å². The number of carbonyl (C=O) groups excluding carboxylic acids is 2. The molecule has 0 radical (unpaired) electrons. The zero-order valence-corrected chi connectivity index (χ0v) is 21.0. The number of hydrogen-bond acceptors (Lipinski definition) is 4. The van der Waals surface area contributed by atoms with E-state index < -0.39 is 0 Å². The van der Waals surface area contributed by atoms with Crippen LogP contribution in [0.5, 0.6) is 0 Å². The molecule has 0 spiro atoms. The Morgan fingerprint density at radius 1 is 1.07 bits per heavy atom. The zero-order valence-electron chi connectivity index (χ0n) is 21.0. The van der Waals surface area contributed by atoms with Crippen molar-refractivity contribution in [2.24, 2.45) is 17.8 Å². The molecule has 0 heterocycles. The lowest BCUT2D eigenvalue weighted by Crippen LogP contribution is -2.35. The third kappa shape index (κ3) is 20.9. The molecule has 0 bridgehead atoms.